The average Bonchev–Trinajstić information content (AvgIpc) is 2.46. The van der Waals surface area contributed by atoms with Crippen molar-refractivity contribution < 1.29 is 9.53 Å². The van der Waals surface area contributed by atoms with Gasteiger partial charge in [-0.2, -0.15) is 0 Å². The molecule has 0 aromatic heterocycles. The Morgan fingerprint density at radius 3 is 2.67 bits per heavy atom. The van der Waals surface area contributed by atoms with Crippen LogP contribution in [0.2, 0.25) is 0 Å². The van der Waals surface area contributed by atoms with E-state index in [1.807, 2.05) is 4.90 Å². The summed E-state index contributed by atoms with van der Waals surface area (Å²) in [6.07, 6.45) is 4.00. The third-order valence-electron chi connectivity index (χ3n) is 3.58. The van der Waals surface area contributed by atoms with Crippen molar-refractivity contribution in [2.24, 2.45) is 4.99 Å². The Morgan fingerprint density at radius 1 is 1.33 bits per heavy atom. The number of rotatable bonds is 6. The second-order valence-corrected chi connectivity index (χ2v) is 5.10. The lowest BCUT2D eigenvalue weighted by Gasteiger charge is -2.33. The van der Waals surface area contributed by atoms with Gasteiger partial charge in [0.05, 0.1) is 6.61 Å². The van der Waals surface area contributed by atoms with E-state index in [9.17, 15) is 4.79 Å². The first-order valence-electron chi connectivity index (χ1n) is 7.42. The van der Waals surface area contributed by atoms with Gasteiger partial charge in [-0.3, -0.25) is 9.79 Å². The molecular formula is C14H29IN4O2. The molecule has 0 radical (unpaired) electrons. The zero-order valence-electron chi connectivity index (χ0n) is 13.4. The van der Waals surface area contributed by atoms with E-state index in [1.54, 1.807) is 14.2 Å². The minimum Gasteiger partial charge on any atom is -0.383 e. The molecule has 1 amide bonds. The van der Waals surface area contributed by atoms with Crippen LogP contribution in [-0.4, -0.2) is 63.2 Å². The number of likely N-dealkylation sites (tertiary alicyclic amines) is 1. The lowest BCUT2D eigenvalue weighted by Crippen LogP contribution is -2.44. The minimum atomic E-state index is 0. The largest absolute Gasteiger partial charge is 0.383 e. The molecule has 1 aliphatic heterocycles. The maximum atomic E-state index is 12.1. The summed E-state index contributed by atoms with van der Waals surface area (Å²) in [6, 6.07) is 0.385. The minimum absolute atomic E-state index is 0. The highest BCUT2D eigenvalue weighted by Gasteiger charge is 2.22. The van der Waals surface area contributed by atoms with Crippen molar-refractivity contribution in [2.45, 2.75) is 38.6 Å². The van der Waals surface area contributed by atoms with Gasteiger partial charge in [-0.05, 0) is 26.2 Å². The Morgan fingerprint density at radius 2 is 2.05 bits per heavy atom. The van der Waals surface area contributed by atoms with Gasteiger partial charge in [0, 0.05) is 46.3 Å². The number of hydrogen-bond acceptors (Lipinski definition) is 3. The molecule has 124 valence electrons. The van der Waals surface area contributed by atoms with Crippen molar-refractivity contribution in [2.75, 3.05) is 40.4 Å². The zero-order valence-corrected chi connectivity index (χ0v) is 15.7. The smallest absolute Gasteiger partial charge is 0.224 e. The highest BCUT2D eigenvalue weighted by atomic mass is 127. The number of methoxy groups -OCH3 is 1. The third-order valence-corrected chi connectivity index (χ3v) is 3.58. The van der Waals surface area contributed by atoms with E-state index >= 15 is 0 Å². The number of nitrogens with zero attached hydrogens (tertiary/aromatic N) is 2. The molecule has 1 saturated heterocycles. The van der Waals surface area contributed by atoms with E-state index in [-0.39, 0.29) is 29.9 Å². The van der Waals surface area contributed by atoms with Crippen LogP contribution in [0.5, 0.6) is 0 Å². The Bertz CT molecular complexity index is 326. The lowest BCUT2D eigenvalue weighted by atomic mass is 10.0. The van der Waals surface area contributed by atoms with Crippen molar-refractivity contribution in [1.82, 2.24) is 15.5 Å². The van der Waals surface area contributed by atoms with Crippen LogP contribution >= 0.6 is 24.0 Å². The van der Waals surface area contributed by atoms with Crippen molar-refractivity contribution >= 4 is 35.8 Å². The number of ether oxygens (including phenoxy) is 1. The molecule has 7 heteroatoms. The van der Waals surface area contributed by atoms with Crippen LogP contribution in [-0.2, 0) is 9.53 Å². The van der Waals surface area contributed by atoms with E-state index in [0.717, 1.165) is 19.4 Å². The number of carbonyl (C=O) groups excluding carboxylic acids is 1. The molecular weight excluding hydrogens is 383 g/mol. The van der Waals surface area contributed by atoms with Crippen LogP contribution in [0.15, 0.2) is 4.99 Å². The van der Waals surface area contributed by atoms with Crippen molar-refractivity contribution in [3.63, 3.8) is 0 Å². The normalized spacial score (nSPS) is 18.9. The van der Waals surface area contributed by atoms with Gasteiger partial charge in [-0.15, -0.1) is 24.0 Å². The SMILES string of the molecule is CN=C(NCCOC)NCCC(=O)N1CCCCC1C.I. The van der Waals surface area contributed by atoms with Crippen LogP contribution in [0, 0.1) is 0 Å². The molecule has 0 aromatic carbocycles. The molecule has 0 saturated carbocycles. The fraction of sp³-hybridized carbons (Fsp3) is 0.857. The molecule has 21 heavy (non-hydrogen) atoms. The maximum Gasteiger partial charge on any atom is 0.224 e. The van der Waals surface area contributed by atoms with Gasteiger partial charge in [0.2, 0.25) is 5.91 Å². The molecule has 1 fully saturated rings. The summed E-state index contributed by atoms with van der Waals surface area (Å²) in [6.45, 7) is 4.98. The monoisotopic (exact) mass is 412 g/mol. The number of guanidine groups is 1. The van der Waals surface area contributed by atoms with Crippen LogP contribution in [0.25, 0.3) is 0 Å². The Labute approximate surface area is 145 Å². The number of halogens is 1. The number of amides is 1. The summed E-state index contributed by atoms with van der Waals surface area (Å²) in [5.74, 6) is 0.943. The van der Waals surface area contributed by atoms with Gasteiger partial charge in [-0.1, -0.05) is 0 Å². The van der Waals surface area contributed by atoms with Gasteiger partial charge in [0.15, 0.2) is 5.96 Å². The molecule has 0 aliphatic carbocycles. The quantitative estimate of drug-likeness (QED) is 0.298. The van der Waals surface area contributed by atoms with E-state index in [4.69, 9.17) is 4.74 Å². The lowest BCUT2D eigenvalue weighted by molar-refractivity contribution is -0.134. The highest BCUT2D eigenvalue weighted by Crippen LogP contribution is 2.16. The summed E-state index contributed by atoms with van der Waals surface area (Å²) in [4.78, 5) is 18.2. The van der Waals surface area contributed by atoms with E-state index in [1.165, 1.54) is 6.42 Å². The molecule has 0 spiro atoms. The Balaban J connectivity index is 0.00000400. The number of hydrogen-bond donors (Lipinski definition) is 2. The number of carbonyl (C=O) groups is 1. The van der Waals surface area contributed by atoms with E-state index < -0.39 is 0 Å². The Hall–Kier alpha value is -0.570. The summed E-state index contributed by atoms with van der Waals surface area (Å²) in [5.41, 5.74) is 0. The predicted octanol–water partition coefficient (Wildman–Crippen LogP) is 1.21. The van der Waals surface area contributed by atoms with Crippen LogP contribution in [0.4, 0.5) is 0 Å². The standard InChI is InChI=1S/C14H28N4O2.HI/c1-12-6-4-5-10-18(12)13(19)7-8-16-14(15-2)17-9-11-20-3;/h12H,4-11H2,1-3H3,(H2,15,16,17);1H. The summed E-state index contributed by atoms with van der Waals surface area (Å²) >= 11 is 0. The molecule has 1 unspecified atom stereocenters. The summed E-state index contributed by atoms with van der Waals surface area (Å²) in [7, 11) is 3.38. The number of nitrogens with one attached hydrogen (secondary N) is 2. The molecule has 6 nitrogen and oxygen atoms in total. The molecule has 1 aliphatic rings. The number of aliphatic imine (C=N–C) groups is 1. The third kappa shape index (κ3) is 7.85. The fourth-order valence-electron chi connectivity index (χ4n) is 2.39. The molecule has 1 heterocycles. The maximum absolute atomic E-state index is 12.1. The van der Waals surface area contributed by atoms with Crippen molar-refractivity contribution in [1.29, 1.82) is 0 Å². The molecule has 0 bridgehead atoms. The van der Waals surface area contributed by atoms with E-state index in [0.29, 0.717) is 38.1 Å². The zero-order chi connectivity index (χ0) is 14.8. The first kappa shape index (κ1) is 20.4. The predicted molar refractivity (Wildman–Crippen MR) is 96.3 cm³/mol. The van der Waals surface area contributed by atoms with Gasteiger partial charge in [0.1, 0.15) is 0 Å². The second kappa shape index (κ2) is 12.0. The van der Waals surface area contributed by atoms with Crippen molar-refractivity contribution in [3.05, 3.63) is 0 Å². The Kier molecular flexibility index (Phi) is 11.7. The molecule has 1 atom stereocenters. The van der Waals surface area contributed by atoms with Gasteiger partial charge >= 0.3 is 0 Å². The second-order valence-electron chi connectivity index (χ2n) is 5.10. The van der Waals surface area contributed by atoms with Crippen LogP contribution < -0.4 is 10.6 Å². The topological polar surface area (TPSA) is 66.0 Å². The van der Waals surface area contributed by atoms with Gasteiger partial charge in [-0.25, -0.2) is 0 Å². The first-order valence-corrected chi connectivity index (χ1v) is 7.42. The molecule has 0 aromatic rings. The summed E-state index contributed by atoms with van der Waals surface area (Å²) < 4.78 is 4.96. The van der Waals surface area contributed by atoms with Crippen molar-refractivity contribution in [3.8, 4) is 0 Å². The number of piperidine rings is 1. The van der Waals surface area contributed by atoms with Crippen LogP contribution in [0.1, 0.15) is 32.6 Å². The first-order chi connectivity index (χ1) is 9.69. The summed E-state index contributed by atoms with van der Waals surface area (Å²) in [5, 5.41) is 6.27. The molecule has 1 rings (SSSR count). The van der Waals surface area contributed by atoms with Gasteiger partial charge in [0.25, 0.3) is 0 Å². The van der Waals surface area contributed by atoms with Gasteiger partial charge < -0.3 is 20.3 Å². The van der Waals surface area contributed by atoms with E-state index in [2.05, 4.69) is 22.5 Å². The highest BCUT2D eigenvalue weighted by molar-refractivity contribution is 14.0. The average molecular weight is 412 g/mol. The molecule has 2 N–H and O–H groups in total. The fourth-order valence-corrected chi connectivity index (χ4v) is 2.39. The van der Waals surface area contributed by atoms with Crippen LogP contribution in [0.3, 0.4) is 0 Å².